The molecule has 0 saturated carbocycles. The number of anilines is 1. The molecule has 1 aliphatic rings. The summed E-state index contributed by atoms with van der Waals surface area (Å²) in [6, 6.07) is 17.5. The number of rotatable bonds is 2. The molecule has 32 heavy (non-hydrogen) atoms. The van der Waals surface area contributed by atoms with E-state index in [0.29, 0.717) is 22.3 Å². The minimum Gasteiger partial charge on any atom is -0.450 e. The number of hydrogen-bond donors (Lipinski definition) is 0. The third-order valence-electron chi connectivity index (χ3n) is 5.81. The maximum Gasteiger partial charge on any atom is 0.296 e. The van der Waals surface area contributed by atoms with Gasteiger partial charge in [0.25, 0.3) is 5.91 Å². The Bertz CT molecular complexity index is 1600. The largest absolute Gasteiger partial charge is 0.450 e. The van der Waals surface area contributed by atoms with Gasteiger partial charge in [0.2, 0.25) is 5.76 Å². The van der Waals surface area contributed by atoms with Crippen molar-refractivity contribution in [3.8, 4) is 0 Å². The van der Waals surface area contributed by atoms with Crippen LogP contribution in [-0.2, 0) is 0 Å². The molecule has 0 aliphatic carbocycles. The summed E-state index contributed by atoms with van der Waals surface area (Å²) in [5.41, 5.74) is 0.789. The lowest BCUT2D eigenvalue weighted by atomic mass is 9.97. The van der Waals surface area contributed by atoms with Crippen molar-refractivity contribution >= 4 is 33.5 Å². The zero-order valence-electron chi connectivity index (χ0n) is 16.8. The van der Waals surface area contributed by atoms with Gasteiger partial charge in [-0.2, -0.15) is 0 Å². The van der Waals surface area contributed by atoms with Crippen molar-refractivity contribution in [3.05, 3.63) is 105 Å². The second-order valence-corrected chi connectivity index (χ2v) is 7.76. The molecular weight excluding hydrogens is 411 g/mol. The molecule has 0 spiro atoms. The summed E-state index contributed by atoms with van der Waals surface area (Å²) in [7, 11) is 0. The molecule has 7 heteroatoms. The van der Waals surface area contributed by atoms with Crippen LogP contribution in [0.1, 0.15) is 33.5 Å². The highest BCUT2D eigenvalue weighted by Crippen LogP contribution is 2.41. The van der Waals surface area contributed by atoms with Crippen LogP contribution in [0.25, 0.3) is 21.7 Å². The molecule has 0 saturated heterocycles. The fraction of sp³-hybridized carbons (Fsp3) is 0.0800. The van der Waals surface area contributed by atoms with Crippen LogP contribution in [0.5, 0.6) is 0 Å². The lowest BCUT2D eigenvalue weighted by molar-refractivity contribution is 0.0969. The molecule has 1 aliphatic heterocycles. The molecule has 6 nitrogen and oxygen atoms in total. The number of nitrogens with zero attached hydrogens (tertiary/aromatic N) is 2. The average molecular weight is 426 g/mol. The van der Waals surface area contributed by atoms with Crippen molar-refractivity contribution in [1.82, 2.24) is 5.16 Å². The highest BCUT2D eigenvalue weighted by Gasteiger charge is 2.45. The Morgan fingerprint density at radius 2 is 1.78 bits per heavy atom. The highest BCUT2D eigenvalue weighted by atomic mass is 19.1. The maximum atomic E-state index is 13.9. The van der Waals surface area contributed by atoms with E-state index in [2.05, 4.69) is 5.16 Å². The second kappa shape index (κ2) is 6.62. The molecule has 2 aromatic heterocycles. The van der Waals surface area contributed by atoms with Gasteiger partial charge in [-0.15, -0.1) is 0 Å². The summed E-state index contributed by atoms with van der Waals surface area (Å²) in [5.74, 6) is -0.209. The normalized spacial score (nSPS) is 15.6. The van der Waals surface area contributed by atoms with Crippen LogP contribution in [0.15, 0.2) is 80.5 Å². The van der Waals surface area contributed by atoms with E-state index in [9.17, 15) is 14.0 Å². The van der Waals surface area contributed by atoms with Gasteiger partial charge >= 0.3 is 0 Å². The molecule has 3 aromatic carbocycles. The number of carbonyl (C=O) groups excluding carboxylic acids is 1. The van der Waals surface area contributed by atoms with Gasteiger partial charge in [-0.3, -0.25) is 14.5 Å². The van der Waals surface area contributed by atoms with Gasteiger partial charge in [0.15, 0.2) is 11.2 Å². The fourth-order valence-corrected chi connectivity index (χ4v) is 4.40. The van der Waals surface area contributed by atoms with E-state index < -0.39 is 17.8 Å². The topological polar surface area (TPSA) is 76.6 Å². The number of hydrogen-bond acceptors (Lipinski definition) is 5. The Morgan fingerprint density at radius 3 is 2.53 bits per heavy atom. The van der Waals surface area contributed by atoms with Crippen LogP contribution in [0.4, 0.5) is 10.2 Å². The number of carbonyl (C=O) groups is 1. The first-order chi connectivity index (χ1) is 15.5. The van der Waals surface area contributed by atoms with Gasteiger partial charge < -0.3 is 8.94 Å². The molecule has 1 amide bonds. The summed E-state index contributed by atoms with van der Waals surface area (Å²) in [4.78, 5) is 28.7. The van der Waals surface area contributed by atoms with Gasteiger partial charge in [-0.1, -0.05) is 47.6 Å². The number of aromatic nitrogens is 1. The molecular formula is C25H15FN2O4. The quantitative estimate of drug-likeness (QED) is 0.366. The zero-order chi connectivity index (χ0) is 22.0. The van der Waals surface area contributed by atoms with Gasteiger partial charge in [-0.25, -0.2) is 4.39 Å². The van der Waals surface area contributed by atoms with Crippen molar-refractivity contribution < 1.29 is 18.1 Å². The van der Waals surface area contributed by atoms with Crippen molar-refractivity contribution in [2.24, 2.45) is 0 Å². The van der Waals surface area contributed by atoms with E-state index in [1.807, 2.05) is 30.3 Å². The predicted molar refractivity (Wildman–Crippen MR) is 116 cm³/mol. The Labute approximate surface area is 180 Å². The third-order valence-corrected chi connectivity index (χ3v) is 5.81. The first kappa shape index (κ1) is 18.5. The summed E-state index contributed by atoms with van der Waals surface area (Å²) in [6.45, 7) is 1.71. The standard InChI is InChI=1S/C25H15FN2O4/c1-13-12-19(27-32-13)28-22(15-6-9-16(26)10-7-15)21-23(29)20-17-5-3-2-4-14(17)8-11-18(20)31-24(21)25(28)30/h2-12,22H,1H3. The van der Waals surface area contributed by atoms with Crippen LogP contribution in [0, 0.1) is 12.7 Å². The van der Waals surface area contributed by atoms with Gasteiger partial charge in [-0.05, 0) is 41.5 Å². The molecule has 1 atom stereocenters. The number of benzene rings is 3. The maximum absolute atomic E-state index is 13.9. The minimum atomic E-state index is -0.831. The summed E-state index contributed by atoms with van der Waals surface area (Å²) in [6.07, 6.45) is 0. The first-order valence-corrected chi connectivity index (χ1v) is 10.0. The van der Waals surface area contributed by atoms with E-state index in [4.69, 9.17) is 8.94 Å². The number of fused-ring (bicyclic) bond motifs is 4. The third kappa shape index (κ3) is 2.54. The van der Waals surface area contributed by atoms with Crippen LogP contribution in [0.2, 0.25) is 0 Å². The van der Waals surface area contributed by atoms with Crippen LogP contribution < -0.4 is 10.3 Å². The Balaban J connectivity index is 1.70. The molecule has 0 radical (unpaired) electrons. The van der Waals surface area contributed by atoms with E-state index in [1.165, 1.54) is 17.0 Å². The van der Waals surface area contributed by atoms with Crippen LogP contribution in [0.3, 0.4) is 0 Å². The fourth-order valence-electron chi connectivity index (χ4n) is 4.40. The predicted octanol–water partition coefficient (Wildman–Crippen LogP) is 5.13. The number of aryl methyl sites for hydroxylation is 1. The Hall–Kier alpha value is -4.26. The smallest absolute Gasteiger partial charge is 0.296 e. The molecule has 0 fully saturated rings. The SMILES string of the molecule is Cc1cc(N2C(=O)c3oc4ccc5ccccc5c4c(=O)c3C2c2ccc(F)cc2)no1. The molecule has 1 unspecified atom stereocenters. The Morgan fingerprint density at radius 1 is 1.00 bits per heavy atom. The summed E-state index contributed by atoms with van der Waals surface area (Å²) < 4.78 is 24.8. The van der Waals surface area contributed by atoms with Gasteiger partial charge in [0, 0.05) is 6.07 Å². The summed E-state index contributed by atoms with van der Waals surface area (Å²) in [5, 5.41) is 6.02. The van der Waals surface area contributed by atoms with Gasteiger partial charge in [0.05, 0.1) is 17.0 Å². The monoisotopic (exact) mass is 426 g/mol. The van der Waals surface area contributed by atoms with E-state index in [0.717, 1.165) is 10.8 Å². The lowest BCUT2D eigenvalue weighted by Crippen LogP contribution is -2.29. The highest BCUT2D eigenvalue weighted by molar-refractivity contribution is 6.12. The molecule has 0 bridgehead atoms. The molecule has 5 aromatic rings. The van der Waals surface area contributed by atoms with Crippen LogP contribution in [-0.4, -0.2) is 11.1 Å². The molecule has 0 N–H and O–H groups in total. The molecule has 6 rings (SSSR count). The summed E-state index contributed by atoms with van der Waals surface area (Å²) >= 11 is 0. The van der Waals surface area contributed by atoms with Gasteiger partial charge in [0.1, 0.15) is 17.2 Å². The molecule has 3 heterocycles. The number of halogens is 1. The number of amides is 1. The van der Waals surface area contributed by atoms with Crippen molar-refractivity contribution in [2.45, 2.75) is 13.0 Å². The minimum absolute atomic E-state index is 0.0484. The second-order valence-electron chi connectivity index (χ2n) is 7.76. The molecule has 156 valence electrons. The first-order valence-electron chi connectivity index (χ1n) is 10.0. The average Bonchev–Trinajstić information content (AvgIpc) is 3.35. The Kier molecular flexibility index (Phi) is 3.83. The van der Waals surface area contributed by atoms with E-state index in [-0.39, 0.29) is 22.6 Å². The zero-order valence-corrected chi connectivity index (χ0v) is 16.8. The van der Waals surface area contributed by atoms with Crippen LogP contribution >= 0.6 is 0 Å². The lowest BCUT2D eigenvalue weighted by Gasteiger charge is -2.22. The van der Waals surface area contributed by atoms with E-state index >= 15 is 0 Å². The van der Waals surface area contributed by atoms with Crippen molar-refractivity contribution in [1.29, 1.82) is 0 Å². The van der Waals surface area contributed by atoms with Crippen molar-refractivity contribution in [2.75, 3.05) is 4.90 Å². The van der Waals surface area contributed by atoms with E-state index in [1.54, 1.807) is 31.2 Å². The van der Waals surface area contributed by atoms with Crippen molar-refractivity contribution in [3.63, 3.8) is 0 Å².